The molecule has 1 aliphatic carbocycles. The van der Waals surface area contributed by atoms with E-state index in [-0.39, 0.29) is 30.1 Å². The van der Waals surface area contributed by atoms with E-state index in [0.717, 1.165) is 31.2 Å². The van der Waals surface area contributed by atoms with Gasteiger partial charge >= 0.3 is 5.97 Å². The zero-order valence-corrected chi connectivity index (χ0v) is 23.7. The highest BCUT2D eigenvalue weighted by atomic mass is 16.8. The molecule has 5 atom stereocenters. The SMILES string of the molecule is CCNC(=O)CCC/C=C\C[C@@H]1[C@@H](/C=C/[C@@H](O)CCc2ccccc2)[C@H](OC(=O)CCCCCONO)C[C@@H]1O. The van der Waals surface area contributed by atoms with Crippen LogP contribution in [0.2, 0.25) is 0 Å². The van der Waals surface area contributed by atoms with E-state index in [9.17, 15) is 19.8 Å². The van der Waals surface area contributed by atoms with E-state index in [4.69, 9.17) is 9.94 Å². The quantitative estimate of drug-likeness (QED) is 0.0694. The van der Waals surface area contributed by atoms with Gasteiger partial charge in [0, 0.05) is 31.7 Å². The standard InChI is InChI=1S/C31H48N2O7/c1-2-32-30(36)16-10-4-3-9-15-26-27(21-20-25(34)19-18-24-13-7-5-8-14-24)29(23-28(26)35)40-31(37)17-11-6-12-22-39-33-38/h3,5,7-9,13-14,20-21,25-29,33-35,38H,2,4,6,10-12,15-19,22-23H2,1H3,(H,32,36)/b9-3-,21-20+/t25-,26+,27+,28-,29+/m0/s1. The molecule has 9 heteroatoms. The summed E-state index contributed by atoms with van der Waals surface area (Å²) in [6.45, 7) is 2.88. The number of carbonyl (C=O) groups excluding carboxylic acids is 2. The van der Waals surface area contributed by atoms with Crippen molar-refractivity contribution in [1.29, 1.82) is 0 Å². The van der Waals surface area contributed by atoms with Crippen LogP contribution in [0.1, 0.15) is 76.7 Å². The van der Waals surface area contributed by atoms with Gasteiger partial charge in [-0.15, -0.1) is 0 Å². The molecule has 1 aromatic carbocycles. The minimum Gasteiger partial charge on any atom is -0.462 e. The maximum Gasteiger partial charge on any atom is 0.306 e. The van der Waals surface area contributed by atoms with Crippen LogP contribution in [0.4, 0.5) is 0 Å². The lowest BCUT2D eigenvalue weighted by atomic mass is 9.89. The number of hydrogen-bond acceptors (Lipinski definition) is 8. The van der Waals surface area contributed by atoms with E-state index < -0.39 is 18.3 Å². The molecule has 40 heavy (non-hydrogen) atoms. The van der Waals surface area contributed by atoms with Crippen molar-refractivity contribution in [3.8, 4) is 0 Å². The number of benzene rings is 1. The molecular formula is C31H48N2O7. The van der Waals surface area contributed by atoms with Crippen molar-refractivity contribution < 1.29 is 34.6 Å². The number of unbranched alkanes of at least 4 members (excludes halogenated alkanes) is 3. The number of aliphatic hydroxyl groups is 2. The highest BCUT2D eigenvalue weighted by Gasteiger charge is 2.42. The van der Waals surface area contributed by atoms with Crippen LogP contribution in [0.5, 0.6) is 0 Å². The van der Waals surface area contributed by atoms with E-state index in [2.05, 4.69) is 10.2 Å². The van der Waals surface area contributed by atoms with Crippen molar-refractivity contribution in [2.75, 3.05) is 13.2 Å². The second-order valence-electron chi connectivity index (χ2n) is 10.4. The predicted octanol–water partition coefficient (Wildman–Crippen LogP) is 4.17. The highest BCUT2D eigenvalue weighted by Crippen LogP contribution is 2.38. The number of aliphatic hydroxyl groups excluding tert-OH is 2. The normalized spacial score (nSPS) is 21.7. The molecule has 0 heterocycles. The molecule has 1 aliphatic rings. The molecule has 0 bridgehead atoms. The molecule has 5 N–H and O–H groups in total. The Morgan fingerprint density at radius 1 is 1.10 bits per heavy atom. The third-order valence-corrected chi connectivity index (χ3v) is 7.22. The van der Waals surface area contributed by atoms with Crippen LogP contribution in [-0.4, -0.2) is 58.8 Å². The maximum atomic E-state index is 12.6. The second-order valence-corrected chi connectivity index (χ2v) is 10.4. The fourth-order valence-corrected chi connectivity index (χ4v) is 5.05. The summed E-state index contributed by atoms with van der Waals surface area (Å²) in [5, 5.41) is 32.7. The molecule has 0 radical (unpaired) electrons. The summed E-state index contributed by atoms with van der Waals surface area (Å²) >= 11 is 0. The first-order chi connectivity index (χ1) is 19.4. The Hall–Kier alpha value is -2.56. The Morgan fingerprint density at radius 3 is 2.65 bits per heavy atom. The van der Waals surface area contributed by atoms with Crippen LogP contribution < -0.4 is 11.0 Å². The summed E-state index contributed by atoms with van der Waals surface area (Å²) in [5.74, 6) is -0.603. The average molecular weight is 561 g/mol. The summed E-state index contributed by atoms with van der Waals surface area (Å²) in [5.41, 5.74) is 2.80. The number of nitrogens with one attached hydrogen (secondary N) is 2. The monoisotopic (exact) mass is 560 g/mol. The maximum absolute atomic E-state index is 12.6. The zero-order valence-electron chi connectivity index (χ0n) is 23.7. The van der Waals surface area contributed by atoms with E-state index in [1.54, 1.807) is 11.7 Å². The largest absolute Gasteiger partial charge is 0.462 e. The van der Waals surface area contributed by atoms with Gasteiger partial charge in [-0.25, -0.2) is 0 Å². The van der Waals surface area contributed by atoms with Gasteiger partial charge in [0.1, 0.15) is 6.10 Å². The smallest absolute Gasteiger partial charge is 0.306 e. The number of ether oxygens (including phenoxy) is 1. The fourth-order valence-electron chi connectivity index (χ4n) is 5.05. The summed E-state index contributed by atoms with van der Waals surface area (Å²) in [6, 6.07) is 10.00. The number of allylic oxidation sites excluding steroid dienone is 2. The Morgan fingerprint density at radius 2 is 1.90 bits per heavy atom. The van der Waals surface area contributed by atoms with Gasteiger partial charge in [0.05, 0.1) is 18.8 Å². The number of hydrogen-bond donors (Lipinski definition) is 5. The van der Waals surface area contributed by atoms with Gasteiger partial charge in [-0.1, -0.05) is 66.7 Å². The van der Waals surface area contributed by atoms with Crippen LogP contribution in [-0.2, 0) is 25.6 Å². The number of amides is 1. The molecular weight excluding hydrogens is 512 g/mol. The molecule has 0 saturated heterocycles. The van der Waals surface area contributed by atoms with Crippen LogP contribution in [0.15, 0.2) is 54.6 Å². The van der Waals surface area contributed by atoms with Gasteiger partial charge in [-0.05, 0) is 63.4 Å². The number of rotatable bonds is 20. The van der Waals surface area contributed by atoms with E-state index in [1.807, 2.05) is 55.5 Å². The summed E-state index contributed by atoms with van der Waals surface area (Å²) in [7, 11) is 0. The summed E-state index contributed by atoms with van der Waals surface area (Å²) in [6.07, 6.45) is 12.7. The van der Waals surface area contributed by atoms with Gasteiger partial charge in [-0.3, -0.25) is 19.6 Å². The zero-order chi connectivity index (χ0) is 29.0. The second kappa shape index (κ2) is 20.3. The summed E-state index contributed by atoms with van der Waals surface area (Å²) in [4.78, 5) is 28.8. The molecule has 1 amide bonds. The first kappa shape index (κ1) is 33.6. The molecule has 0 aromatic heterocycles. The molecule has 0 aliphatic heterocycles. The predicted molar refractivity (Wildman–Crippen MR) is 153 cm³/mol. The Bertz CT molecular complexity index is 893. The lowest BCUT2D eigenvalue weighted by molar-refractivity contribution is -0.150. The molecule has 1 aromatic rings. The molecule has 2 rings (SSSR count). The Kier molecular flexibility index (Phi) is 17.1. The number of esters is 1. The van der Waals surface area contributed by atoms with Crippen molar-refractivity contribution >= 4 is 11.9 Å². The molecule has 9 nitrogen and oxygen atoms in total. The van der Waals surface area contributed by atoms with E-state index in [0.29, 0.717) is 51.7 Å². The van der Waals surface area contributed by atoms with Gasteiger partial charge in [-0.2, -0.15) is 0 Å². The van der Waals surface area contributed by atoms with Crippen molar-refractivity contribution in [2.24, 2.45) is 11.8 Å². The first-order valence-corrected chi connectivity index (χ1v) is 14.6. The first-order valence-electron chi connectivity index (χ1n) is 14.6. The van der Waals surface area contributed by atoms with Gasteiger partial charge < -0.3 is 20.3 Å². The lowest BCUT2D eigenvalue weighted by Gasteiger charge is -2.22. The van der Waals surface area contributed by atoms with Gasteiger partial charge in [0.25, 0.3) is 0 Å². The minimum atomic E-state index is -0.643. The molecule has 224 valence electrons. The van der Waals surface area contributed by atoms with Crippen molar-refractivity contribution in [3.63, 3.8) is 0 Å². The molecule has 0 unspecified atom stereocenters. The summed E-state index contributed by atoms with van der Waals surface area (Å²) < 4.78 is 5.82. The average Bonchev–Trinajstić information content (AvgIpc) is 3.23. The fraction of sp³-hybridized carbons (Fsp3) is 0.613. The lowest BCUT2D eigenvalue weighted by Crippen LogP contribution is -2.25. The Labute approximate surface area is 238 Å². The van der Waals surface area contributed by atoms with Crippen molar-refractivity contribution in [3.05, 3.63) is 60.2 Å². The molecule has 1 saturated carbocycles. The van der Waals surface area contributed by atoms with Gasteiger partial charge in [0.2, 0.25) is 5.91 Å². The molecule has 0 spiro atoms. The van der Waals surface area contributed by atoms with E-state index >= 15 is 0 Å². The van der Waals surface area contributed by atoms with Crippen molar-refractivity contribution in [2.45, 2.75) is 95.9 Å². The third-order valence-electron chi connectivity index (χ3n) is 7.22. The van der Waals surface area contributed by atoms with Gasteiger partial charge in [0.15, 0.2) is 0 Å². The number of carbonyl (C=O) groups is 2. The Balaban J connectivity index is 1.94. The third kappa shape index (κ3) is 13.7. The topological polar surface area (TPSA) is 137 Å². The number of aryl methyl sites for hydroxylation is 1. The van der Waals surface area contributed by atoms with Crippen molar-refractivity contribution in [1.82, 2.24) is 11.0 Å². The van der Waals surface area contributed by atoms with E-state index in [1.165, 1.54) is 0 Å². The highest BCUT2D eigenvalue weighted by molar-refractivity contribution is 5.75. The van der Waals surface area contributed by atoms with Crippen LogP contribution in [0.25, 0.3) is 0 Å². The van der Waals surface area contributed by atoms with Crippen LogP contribution in [0.3, 0.4) is 0 Å². The molecule has 1 fully saturated rings. The minimum absolute atomic E-state index is 0.0540. The van der Waals surface area contributed by atoms with Crippen LogP contribution >= 0.6 is 0 Å². The van der Waals surface area contributed by atoms with Crippen LogP contribution in [0, 0.1) is 11.8 Å².